The maximum atomic E-state index is 12.9. The molecule has 1 aliphatic heterocycles. The first-order valence-electron chi connectivity index (χ1n) is 8.62. The molecule has 0 unspecified atom stereocenters. The number of amides is 1. The van der Waals surface area contributed by atoms with E-state index in [0.29, 0.717) is 18.4 Å². The molecule has 1 fully saturated rings. The topological polar surface area (TPSA) is 50.4 Å². The third kappa shape index (κ3) is 5.71. The van der Waals surface area contributed by atoms with Gasteiger partial charge in [-0.05, 0) is 56.1 Å². The summed E-state index contributed by atoms with van der Waals surface area (Å²) in [4.78, 5) is 12.4. The molecule has 1 saturated heterocycles. The molecule has 2 aromatic carbocycles. The number of rotatable bonds is 5. The van der Waals surface area contributed by atoms with Crippen LogP contribution in [0.1, 0.15) is 25.3 Å². The minimum atomic E-state index is -0.263. The molecular formula is C20H24ClFN2O2. The van der Waals surface area contributed by atoms with Crippen LogP contribution in [0.2, 0.25) is 0 Å². The lowest BCUT2D eigenvalue weighted by Gasteiger charge is -2.27. The van der Waals surface area contributed by atoms with Crippen LogP contribution in [0.15, 0.2) is 48.5 Å². The Balaban J connectivity index is 0.00000243. The summed E-state index contributed by atoms with van der Waals surface area (Å²) in [6.07, 6.45) is 1.71. The van der Waals surface area contributed by atoms with E-state index < -0.39 is 0 Å². The largest absolute Gasteiger partial charge is 0.489 e. The van der Waals surface area contributed by atoms with Gasteiger partial charge in [-0.3, -0.25) is 4.79 Å². The number of piperidine rings is 1. The molecule has 4 nitrogen and oxygen atoms in total. The Morgan fingerprint density at radius 3 is 2.77 bits per heavy atom. The third-order valence-corrected chi connectivity index (χ3v) is 4.41. The van der Waals surface area contributed by atoms with Gasteiger partial charge in [0.15, 0.2) is 0 Å². The fourth-order valence-corrected chi connectivity index (χ4v) is 3.03. The third-order valence-electron chi connectivity index (χ3n) is 4.41. The van der Waals surface area contributed by atoms with Crippen molar-refractivity contribution in [1.29, 1.82) is 0 Å². The van der Waals surface area contributed by atoms with E-state index in [2.05, 4.69) is 17.6 Å². The van der Waals surface area contributed by atoms with Crippen molar-refractivity contribution >= 4 is 24.0 Å². The van der Waals surface area contributed by atoms with E-state index in [1.165, 1.54) is 12.1 Å². The predicted octanol–water partition coefficient (Wildman–Crippen LogP) is 4.15. The van der Waals surface area contributed by atoms with Gasteiger partial charge in [0.05, 0.1) is 0 Å². The van der Waals surface area contributed by atoms with Gasteiger partial charge in [-0.15, -0.1) is 12.4 Å². The van der Waals surface area contributed by atoms with Crippen LogP contribution in [0, 0.1) is 11.7 Å². The van der Waals surface area contributed by atoms with Crippen molar-refractivity contribution in [3.63, 3.8) is 0 Å². The zero-order chi connectivity index (χ0) is 17.6. The second-order valence-electron chi connectivity index (χ2n) is 6.51. The van der Waals surface area contributed by atoms with Crippen LogP contribution in [0.5, 0.6) is 5.75 Å². The second-order valence-corrected chi connectivity index (χ2v) is 6.51. The summed E-state index contributed by atoms with van der Waals surface area (Å²) < 4.78 is 18.6. The molecule has 0 aliphatic carbocycles. The van der Waals surface area contributed by atoms with Crippen LogP contribution >= 0.6 is 12.4 Å². The number of halogens is 2. The number of benzene rings is 2. The van der Waals surface area contributed by atoms with E-state index in [9.17, 15) is 9.18 Å². The van der Waals surface area contributed by atoms with Gasteiger partial charge in [-0.2, -0.15) is 0 Å². The number of carbonyl (C=O) groups is 1. The molecule has 2 N–H and O–H groups in total. The summed E-state index contributed by atoms with van der Waals surface area (Å²) in [5.41, 5.74) is 1.62. The molecule has 1 amide bonds. The first-order valence-corrected chi connectivity index (χ1v) is 8.62. The van der Waals surface area contributed by atoms with Crippen molar-refractivity contribution in [2.24, 2.45) is 5.92 Å². The summed E-state index contributed by atoms with van der Waals surface area (Å²) in [7, 11) is 0. The zero-order valence-corrected chi connectivity index (χ0v) is 15.5. The molecule has 6 heteroatoms. The van der Waals surface area contributed by atoms with Crippen LogP contribution < -0.4 is 15.4 Å². The number of carbonyl (C=O) groups excluding carboxylic acids is 1. The van der Waals surface area contributed by atoms with Gasteiger partial charge < -0.3 is 15.4 Å². The first-order chi connectivity index (χ1) is 12.1. The van der Waals surface area contributed by atoms with E-state index in [1.807, 2.05) is 24.3 Å². The number of ether oxygens (including phenoxy) is 1. The van der Waals surface area contributed by atoms with Gasteiger partial charge in [0, 0.05) is 23.7 Å². The highest BCUT2D eigenvalue weighted by atomic mass is 35.5. The second kappa shape index (κ2) is 9.55. The highest BCUT2D eigenvalue weighted by Gasteiger charge is 2.24. The standard InChI is InChI=1S/C20H23FN2O2.ClH/c1-14-11-16(9-10-22-14)20(24)23-18-3-2-4-19(12-18)25-13-15-5-7-17(21)8-6-15;/h2-8,12,14,16,22H,9-11,13H2,1H3,(H,23,24);1H/t14-,16-;/m0./s1. The van der Waals surface area contributed by atoms with E-state index >= 15 is 0 Å². The summed E-state index contributed by atoms with van der Waals surface area (Å²) in [5.74, 6) is 0.505. The quantitative estimate of drug-likeness (QED) is 0.821. The Bertz CT molecular complexity index is 724. The predicted molar refractivity (Wildman–Crippen MR) is 103 cm³/mol. The molecule has 140 valence electrons. The van der Waals surface area contributed by atoms with Crippen molar-refractivity contribution in [2.45, 2.75) is 32.4 Å². The number of anilines is 1. The van der Waals surface area contributed by atoms with Gasteiger partial charge in [-0.1, -0.05) is 18.2 Å². The molecule has 0 radical (unpaired) electrons. The lowest BCUT2D eigenvalue weighted by atomic mass is 9.92. The molecule has 0 bridgehead atoms. The Morgan fingerprint density at radius 1 is 1.27 bits per heavy atom. The number of nitrogens with one attached hydrogen (secondary N) is 2. The molecule has 0 spiro atoms. The number of hydrogen-bond donors (Lipinski definition) is 2. The highest BCUT2D eigenvalue weighted by molar-refractivity contribution is 5.92. The van der Waals surface area contributed by atoms with Gasteiger partial charge in [0.2, 0.25) is 5.91 Å². The van der Waals surface area contributed by atoms with Crippen LogP contribution in [0.4, 0.5) is 10.1 Å². The lowest BCUT2D eigenvalue weighted by Crippen LogP contribution is -2.40. The summed E-state index contributed by atoms with van der Waals surface area (Å²) in [6.45, 7) is 3.33. The van der Waals surface area contributed by atoms with Gasteiger partial charge in [-0.25, -0.2) is 4.39 Å². The first kappa shape index (κ1) is 20.2. The lowest BCUT2D eigenvalue weighted by molar-refractivity contribution is -0.120. The van der Waals surface area contributed by atoms with E-state index in [1.54, 1.807) is 12.1 Å². The Hall–Kier alpha value is -2.11. The zero-order valence-electron chi connectivity index (χ0n) is 14.7. The minimum absolute atomic E-state index is 0. The molecule has 0 aromatic heterocycles. The molecule has 1 heterocycles. The van der Waals surface area contributed by atoms with Crippen LogP contribution in [-0.2, 0) is 11.4 Å². The summed E-state index contributed by atoms with van der Waals surface area (Å²) >= 11 is 0. The average Bonchev–Trinajstić information content (AvgIpc) is 2.61. The van der Waals surface area contributed by atoms with Crippen LogP contribution in [0.3, 0.4) is 0 Å². The average molecular weight is 379 g/mol. The Kier molecular flexibility index (Phi) is 7.42. The van der Waals surface area contributed by atoms with E-state index in [-0.39, 0.29) is 30.0 Å². The minimum Gasteiger partial charge on any atom is -0.489 e. The Morgan fingerprint density at radius 2 is 2.04 bits per heavy atom. The molecule has 1 aliphatic rings. The molecule has 3 rings (SSSR count). The van der Waals surface area contributed by atoms with Crippen molar-refractivity contribution in [3.05, 3.63) is 59.9 Å². The van der Waals surface area contributed by atoms with Gasteiger partial charge in [0.25, 0.3) is 0 Å². The number of hydrogen-bond acceptors (Lipinski definition) is 3. The van der Waals surface area contributed by atoms with Crippen molar-refractivity contribution in [3.8, 4) is 5.75 Å². The van der Waals surface area contributed by atoms with Crippen molar-refractivity contribution in [1.82, 2.24) is 5.32 Å². The highest BCUT2D eigenvalue weighted by Crippen LogP contribution is 2.22. The molecular weight excluding hydrogens is 355 g/mol. The van der Waals surface area contributed by atoms with Gasteiger partial charge >= 0.3 is 0 Å². The Labute approximate surface area is 159 Å². The van der Waals surface area contributed by atoms with Crippen molar-refractivity contribution < 1.29 is 13.9 Å². The van der Waals surface area contributed by atoms with Crippen molar-refractivity contribution in [2.75, 3.05) is 11.9 Å². The van der Waals surface area contributed by atoms with Crippen LogP contribution in [-0.4, -0.2) is 18.5 Å². The summed E-state index contributed by atoms with van der Waals surface area (Å²) in [6, 6.07) is 13.9. The molecule has 0 saturated carbocycles. The van der Waals surface area contributed by atoms with Gasteiger partial charge in [0.1, 0.15) is 18.2 Å². The maximum absolute atomic E-state index is 12.9. The fourth-order valence-electron chi connectivity index (χ4n) is 3.03. The SMILES string of the molecule is C[C@H]1C[C@@H](C(=O)Nc2cccc(OCc3ccc(F)cc3)c2)CCN1.Cl. The fraction of sp³-hybridized carbons (Fsp3) is 0.350. The van der Waals surface area contributed by atoms with E-state index in [4.69, 9.17) is 4.74 Å². The monoisotopic (exact) mass is 378 g/mol. The molecule has 2 atom stereocenters. The maximum Gasteiger partial charge on any atom is 0.227 e. The van der Waals surface area contributed by atoms with E-state index in [0.717, 1.165) is 30.6 Å². The molecule has 2 aromatic rings. The normalized spacial score (nSPS) is 19.3. The summed E-state index contributed by atoms with van der Waals surface area (Å²) in [5, 5.41) is 6.33. The smallest absolute Gasteiger partial charge is 0.227 e. The molecule has 26 heavy (non-hydrogen) atoms. The van der Waals surface area contributed by atoms with Crippen LogP contribution in [0.25, 0.3) is 0 Å².